The Morgan fingerprint density at radius 1 is 1.00 bits per heavy atom. The molecule has 0 aliphatic heterocycles. The summed E-state index contributed by atoms with van der Waals surface area (Å²) >= 11 is 0. The first-order valence-corrected chi connectivity index (χ1v) is 5.11. The Morgan fingerprint density at radius 2 is 1.58 bits per heavy atom. The van der Waals surface area contributed by atoms with E-state index in [2.05, 4.69) is 0 Å². The molecule has 0 atom stereocenters. The summed E-state index contributed by atoms with van der Waals surface area (Å²) in [5.41, 5.74) is -1.10. The molecule has 0 unspecified atom stereocenters. The van der Waals surface area contributed by atoms with Gasteiger partial charge in [0.2, 0.25) is 0 Å². The van der Waals surface area contributed by atoms with Crippen molar-refractivity contribution in [3.8, 4) is 16.9 Å². The van der Waals surface area contributed by atoms with Crippen LogP contribution in [0.4, 0.5) is 13.2 Å². The molecule has 98 valence electrons. The number of halogens is 3. The van der Waals surface area contributed by atoms with Gasteiger partial charge in [-0.3, -0.25) is 0 Å². The van der Waals surface area contributed by atoms with Crippen LogP contribution in [0.25, 0.3) is 11.1 Å². The molecule has 0 amide bonds. The summed E-state index contributed by atoms with van der Waals surface area (Å²) in [6.45, 7) is 0. The molecule has 0 radical (unpaired) electrons. The van der Waals surface area contributed by atoms with E-state index < -0.39 is 34.7 Å². The fourth-order valence-corrected chi connectivity index (χ4v) is 1.68. The lowest BCUT2D eigenvalue weighted by atomic mass is 10.0. The maximum absolute atomic E-state index is 13.5. The van der Waals surface area contributed by atoms with Gasteiger partial charge in [0.25, 0.3) is 0 Å². The number of carboxylic acids is 1. The zero-order valence-corrected chi connectivity index (χ0v) is 9.32. The van der Waals surface area contributed by atoms with Crippen molar-refractivity contribution in [1.29, 1.82) is 0 Å². The van der Waals surface area contributed by atoms with E-state index in [0.29, 0.717) is 12.1 Å². The minimum Gasteiger partial charge on any atom is -0.507 e. The summed E-state index contributed by atoms with van der Waals surface area (Å²) in [5.74, 6) is -5.35. The summed E-state index contributed by atoms with van der Waals surface area (Å²) in [4.78, 5) is 10.7. The predicted molar refractivity (Wildman–Crippen MR) is 60.4 cm³/mol. The fourth-order valence-electron chi connectivity index (χ4n) is 1.68. The van der Waals surface area contributed by atoms with Gasteiger partial charge in [0, 0.05) is 17.7 Å². The lowest BCUT2D eigenvalue weighted by molar-refractivity contribution is 0.0696. The highest BCUT2D eigenvalue weighted by Gasteiger charge is 2.17. The standard InChI is InChI=1S/C13H7F3O3/c14-7-4-9(15)12(10(16)5-7)8-2-1-6(13(18)19)3-11(8)17/h1-5,17H,(H,18,19). The van der Waals surface area contributed by atoms with E-state index in [9.17, 15) is 23.1 Å². The number of carboxylic acid groups (broad SMARTS) is 1. The van der Waals surface area contributed by atoms with Crippen molar-refractivity contribution in [3.63, 3.8) is 0 Å². The molecular weight excluding hydrogens is 261 g/mol. The van der Waals surface area contributed by atoms with E-state index in [1.165, 1.54) is 0 Å². The summed E-state index contributed by atoms with van der Waals surface area (Å²) in [7, 11) is 0. The van der Waals surface area contributed by atoms with Crippen molar-refractivity contribution in [2.45, 2.75) is 0 Å². The number of phenols is 1. The van der Waals surface area contributed by atoms with Gasteiger partial charge in [0.15, 0.2) is 0 Å². The molecule has 3 nitrogen and oxygen atoms in total. The second-order valence-corrected chi connectivity index (χ2v) is 3.78. The molecule has 0 saturated carbocycles. The Labute approximate surface area is 105 Å². The van der Waals surface area contributed by atoms with Crippen molar-refractivity contribution in [2.24, 2.45) is 0 Å². The summed E-state index contributed by atoms with van der Waals surface area (Å²) in [6, 6.07) is 3.95. The average Bonchev–Trinajstić information content (AvgIpc) is 2.29. The quantitative estimate of drug-likeness (QED) is 0.879. The van der Waals surface area contributed by atoms with Gasteiger partial charge in [-0.25, -0.2) is 18.0 Å². The van der Waals surface area contributed by atoms with Crippen LogP contribution < -0.4 is 0 Å². The molecule has 0 bridgehead atoms. The van der Waals surface area contributed by atoms with Crippen molar-refractivity contribution >= 4 is 5.97 Å². The maximum Gasteiger partial charge on any atom is 0.335 e. The lowest BCUT2D eigenvalue weighted by Crippen LogP contribution is -1.97. The fraction of sp³-hybridized carbons (Fsp3) is 0. The number of carbonyl (C=O) groups is 1. The Hall–Kier alpha value is -2.50. The van der Waals surface area contributed by atoms with Crippen LogP contribution in [-0.4, -0.2) is 16.2 Å². The van der Waals surface area contributed by atoms with E-state index in [4.69, 9.17) is 5.11 Å². The van der Waals surface area contributed by atoms with Crippen molar-refractivity contribution in [3.05, 3.63) is 53.3 Å². The van der Waals surface area contributed by atoms with Gasteiger partial charge in [-0.1, -0.05) is 0 Å². The van der Waals surface area contributed by atoms with Gasteiger partial charge in [-0.2, -0.15) is 0 Å². The second-order valence-electron chi connectivity index (χ2n) is 3.78. The molecule has 0 spiro atoms. The van der Waals surface area contributed by atoms with Crippen molar-refractivity contribution < 1.29 is 28.2 Å². The minimum atomic E-state index is -1.29. The first-order valence-electron chi connectivity index (χ1n) is 5.11. The van der Waals surface area contributed by atoms with Crippen LogP contribution in [0, 0.1) is 17.5 Å². The molecule has 6 heteroatoms. The summed E-state index contributed by atoms with van der Waals surface area (Å²) < 4.78 is 39.8. The van der Waals surface area contributed by atoms with Crippen LogP contribution in [-0.2, 0) is 0 Å². The first kappa shape index (κ1) is 12.9. The van der Waals surface area contributed by atoms with E-state index in [1.807, 2.05) is 0 Å². The van der Waals surface area contributed by atoms with Gasteiger partial charge in [0.05, 0.1) is 11.1 Å². The number of aromatic hydroxyl groups is 1. The third-order valence-electron chi connectivity index (χ3n) is 2.52. The number of benzene rings is 2. The second kappa shape index (κ2) is 4.64. The average molecular weight is 268 g/mol. The maximum atomic E-state index is 13.5. The Balaban J connectivity index is 2.63. The van der Waals surface area contributed by atoms with Crippen LogP contribution in [0.3, 0.4) is 0 Å². The first-order chi connectivity index (χ1) is 8.90. The summed E-state index contributed by atoms with van der Waals surface area (Å²) in [6.07, 6.45) is 0. The lowest BCUT2D eigenvalue weighted by Gasteiger charge is -2.08. The van der Waals surface area contributed by atoms with Gasteiger partial charge < -0.3 is 10.2 Å². The largest absolute Gasteiger partial charge is 0.507 e. The SMILES string of the molecule is O=C(O)c1ccc(-c2c(F)cc(F)cc2F)c(O)c1. The highest BCUT2D eigenvalue weighted by Crippen LogP contribution is 2.34. The molecule has 0 aliphatic rings. The van der Waals surface area contributed by atoms with Gasteiger partial charge in [-0.05, 0) is 18.2 Å². The molecule has 0 heterocycles. The molecule has 0 aliphatic carbocycles. The molecule has 2 N–H and O–H groups in total. The van der Waals surface area contributed by atoms with Crippen LogP contribution in [0.1, 0.15) is 10.4 Å². The normalized spacial score (nSPS) is 10.5. The number of aromatic carboxylic acids is 1. The van der Waals surface area contributed by atoms with E-state index in [-0.39, 0.29) is 11.1 Å². The highest BCUT2D eigenvalue weighted by molar-refractivity contribution is 5.89. The Kier molecular flexibility index (Phi) is 3.16. The van der Waals surface area contributed by atoms with Gasteiger partial charge >= 0.3 is 5.97 Å². The third-order valence-corrected chi connectivity index (χ3v) is 2.52. The van der Waals surface area contributed by atoms with Gasteiger partial charge in [-0.15, -0.1) is 0 Å². The van der Waals surface area contributed by atoms with Crippen molar-refractivity contribution in [2.75, 3.05) is 0 Å². The third kappa shape index (κ3) is 2.37. The molecule has 2 rings (SSSR count). The van der Waals surface area contributed by atoms with Crippen LogP contribution >= 0.6 is 0 Å². The number of hydrogen-bond acceptors (Lipinski definition) is 2. The predicted octanol–water partition coefficient (Wildman–Crippen LogP) is 3.17. The monoisotopic (exact) mass is 268 g/mol. The van der Waals surface area contributed by atoms with E-state index >= 15 is 0 Å². The Bertz CT molecular complexity index is 645. The topological polar surface area (TPSA) is 57.5 Å². The van der Waals surface area contributed by atoms with Crippen LogP contribution in [0.2, 0.25) is 0 Å². The molecule has 2 aromatic carbocycles. The van der Waals surface area contributed by atoms with E-state index in [1.54, 1.807) is 0 Å². The van der Waals surface area contributed by atoms with Crippen molar-refractivity contribution in [1.82, 2.24) is 0 Å². The smallest absolute Gasteiger partial charge is 0.335 e. The zero-order chi connectivity index (χ0) is 14.2. The van der Waals surface area contributed by atoms with E-state index in [0.717, 1.165) is 18.2 Å². The highest BCUT2D eigenvalue weighted by atomic mass is 19.1. The van der Waals surface area contributed by atoms with Gasteiger partial charge in [0.1, 0.15) is 23.2 Å². The number of rotatable bonds is 2. The molecule has 0 saturated heterocycles. The molecular formula is C13H7F3O3. The zero-order valence-electron chi connectivity index (χ0n) is 9.32. The molecule has 0 fully saturated rings. The minimum absolute atomic E-state index is 0.232. The van der Waals surface area contributed by atoms with Crippen LogP contribution in [0.15, 0.2) is 30.3 Å². The molecule has 0 aromatic heterocycles. The molecule has 19 heavy (non-hydrogen) atoms. The molecule has 2 aromatic rings. The Morgan fingerprint density at radius 3 is 2.05 bits per heavy atom. The number of phenolic OH excluding ortho intramolecular Hbond substituents is 1. The number of hydrogen-bond donors (Lipinski definition) is 2. The van der Waals surface area contributed by atoms with Crippen LogP contribution in [0.5, 0.6) is 5.75 Å². The summed E-state index contributed by atoms with van der Waals surface area (Å²) in [5, 5.41) is 18.3.